The van der Waals surface area contributed by atoms with Crippen molar-refractivity contribution in [1.29, 1.82) is 0 Å². The van der Waals surface area contributed by atoms with Gasteiger partial charge in [0.25, 0.3) is 0 Å². The first-order chi connectivity index (χ1) is 6.94. The number of nitrogens with two attached hydrogens (primary N) is 1. The van der Waals surface area contributed by atoms with E-state index in [1.807, 2.05) is 6.92 Å². The van der Waals surface area contributed by atoms with Crippen molar-refractivity contribution in [3.8, 4) is 0 Å². The third-order valence-electron chi connectivity index (χ3n) is 2.16. The second kappa shape index (κ2) is 4.39. The van der Waals surface area contributed by atoms with Crippen LogP contribution in [0.2, 0.25) is 0 Å². The largest absolute Gasteiger partial charge is 0.388 e. The third kappa shape index (κ3) is 3.32. The number of rotatable bonds is 4. The molecule has 0 amide bonds. The molecular formula is C9H15FN4O. The zero-order valence-electron chi connectivity index (χ0n) is 8.79. The van der Waals surface area contributed by atoms with Crippen LogP contribution in [0.4, 0.5) is 16.2 Å². The minimum absolute atomic E-state index is 0.00459. The molecule has 0 aliphatic carbocycles. The number of nitrogens with one attached hydrogen (secondary N) is 1. The zero-order valence-corrected chi connectivity index (χ0v) is 8.79. The second-order valence-electron chi connectivity index (χ2n) is 3.63. The van der Waals surface area contributed by atoms with Gasteiger partial charge in [0.05, 0.1) is 11.8 Å². The molecular weight excluding hydrogens is 199 g/mol. The first-order valence-corrected chi connectivity index (χ1v) is 4.69. The predicted octanol–water partition coefficient (Wildman–Crippen LogP) is 0.771. The average molecular weight is 214 g/mol. The maximum atomic E-state index is 13.1. The Kier molecular flexibility index (Phi) is 3.41. The molecule has 1 aromatic heterocycles. The van der Waals surface area contributed by atoms with Gasteiger partial charge in [-0.2, -0.15) is 4.98 Å². The minimum Gasteiger partial charge on any atom is -0.388 e. The fourth-order valence-electron chi connectivity index (χ4n) is 0.904. The number of hydrogen-bond acceptors (Lipinski definition) is 5. The van der Waals surface area contributed by atoms with E-state index in [0.29, 0.717) is 6.42 Å². The maximum Gasteiger partial charge on any atom is 0.222 e. The molecule has 1 heterocycles. The molecule has 0 saturated heterocycles. The Balaban J connectivity index is 2.69. The molecule has 15 heavy (non-hydrogen) atoms. The Bertz CT molecular complexity index is 343. The first kappa shape index (κ1) is 11.6. The molecule has 0 aliphatic rings. The summed E-state index contributed by atoms with van der Waals surface area (Å²) in [6.07, 6.45) is 1.55. The number of nitrogen functional groups attached to an aromatic ring is 1. The van der Waals surface area contributed by atoms with Gasteiger partial charge in [-0.3, -0.25) is 0 Å². The normalized spacial score (nSPS) is 14.7. The summed E-state index contributed by atoms with van der Waals surface area (Å²) in [7, 11) is 0. The quantitative estimate of drug-likeness (QED) is 0.689. The van der Waals surface area contributed by atoms with Crippen molar-refractivity contribution >= 4 is 11.8 Å². The number of hydrogen-bond donors (Lipinski definition) is 3. The van der Waals surface area contributed by atoms with Crippen molar-refractivity contribution in [2.75, 3.05) is 17.6 Å². The van der Waals surface area contributed by atoms with Gasteiger partial charge in [-0.15, -0.1) is 0 Å². The highest BCUT2D eigenvalue weighted by Gasteiger charge is 2.18. The number of aliphatic hydroxyl groups is 1. The van der Waals surface area contributed by atoms with Crippen LogP contribution in [-0.4, -0.2) is 27.2 Å². The Morgan fingerprint density at radius 3 is 2.93 bits per heavy atom. The van der Waals surface area contributed by atoms with Crippen LogP contribution in [0.3, 0.4) is 0 Å². The molecule has 0 aromatic carbocycles. The Morgan fingerprint density at radius 1 is 1.67 bits per heavy atom. The van der Waals surface area contributed by atoms with Crippen LogP contribution in [0.25, 0.3) is 0 Å². The summed E-state index contributed by atoms with van der Waals surface area (Å²) in [5.41, 5.74) is 4.41. The van der Waals surface area contributed by atoms with E-state index in [9.17, 15) is 9.50 Å². The van der Waals surface area contributed by atoms with E-state index >= 15 is 0 Å². The van der Waals surface area contributed by atoms with E-state index in [1.165, 1.54) is 0 Å². The topological polar surface area (TPSA) is 84.1 Å². The summed E-state index contributed by atoms with van der Waals surface area (Å²) in [5.74, 6) is -0.581. The Morgan fingerprint density at radius 2 is 2.33 bits per heavy atom. The van der Waals surface area contributed by atoms with Crippen molar-refractivity contribution < 1.29 is 9.50 Å². The summed E-state index contributed by atoms with van der Waals surface area (Å²) in [6, 6.07) is 0. The number of nitrogens with zero attached hydrogens (tertiary/aromatic N) is 2. The molecule has 6 heteroatoms. The molecule has 0 aliphatic heterocycles. The summed E-state index contributed by atoms with van der Waals surface area (Å²) in [5, 5.41) is 12.4. The molecule has 0 spiro atoms. The zero-order chi connectivity index (χ0) is 11.5. The Labute approximate surface area is 87.5 Å². The fourth-order valence-corrected chi connectivity index (χ4v) is 0.904. The SMILES string of the molecule is CCC(C)(O)CNc1nc(N)ncc1F. The predicted molar refractivity (Wildman–Crippen MR) is 55.8 cm³/mol. The van der Waals surface area contributed by atoms with Gasteiger partial charge in [-0.25, -0.2) is 9.37 Å². The van der Waals surface area contributed by atoms with E-state index < -0.39 is 11.4 Å². The van der Waals surface area contributed by atoms with E-state index in [-0.39, 0.29) is 18.3 Å². The van der Waals surface area contributed by atoms with Gasteiger partial charge in [-0.05, 0) is 13.3 Å². The number of aromatic nitrogens is 2. The second-order valence-corrected chi connectivity index (χ2v) is 3.63. The van der Waals surface area contributed by atoms with Gasteiger partial charge in [0.15, 0.2) is 11.6 Å². The third-order valence-corrected chi connectivity index (χ3v) is 2.16. The van der Waals surface area contributed by atoms with Gasteiger partial charge in [-0.1, -0.05) is 6.92 Å². The molecule has 0 bridgehead atoms. The van der Waals surface area contributed by atoms with Gasteiger partial charge >= 0.3 is 0 Å². The minimum atomic E-state index is -0.897. The summed E-state index contributed by atoms with van der Waals surface area (Å²) in [4.78, 5) is 7.17. The van der Waals surface area contributed by atoms with Crippen LogP contribution in [0.1, 0.15) is 20.3 Å². The lowest BCUT2D eigenvalue weighted by molar-refractivity contribution is 0.0696. The molecule has 1 aromatic rings. The average Bonchev–Trinajstić information content (AvgIpc) is 2.20. The van der Waals surface area contributed by atoms with E-state index in [2.05, 4.69) is 15.3 Å². The highest BCUT2D eigenvalue weighted by Crippen LogP contribution is 2.13. The highest BCUT2D eigenvalue weighted by atomic mass is 19.1. The Hall–Kier alpha value is -1.43. The molecule has 4 N–H and O–H groups in total. The van der Waals surface area contributed by atoms with Crippen molar-refractivity contribution in [3.63, 3.8) is 0 Å². The highest BCUT2D eigenvalue weighted by molar-refractivity contribution is 5.39. The van der Waals surface area contributed by atoms with Crippen LogP contribution in [0.15, 0.2) is 6.20 Å². The maximum absolute atomic E-state index is 13.1. The van der Waals surface area contributed by atoms with Crippen LogP contribution < -0.4 is 11.1 Å². The van der Waals surface area contributed by atoms with E-state index in [0.717, 1.165) is 6.20 Å². The van der Waals surface area contributed by atoms with Crippen molar-refractivity contribution in [2.45, 2.75) is 25.9 Å². The standard InChI is InChI=1S/C9H15FN4O/c1-3-9(2,15)5-13-7-6(10)4-12-8(11)14-7/h4,15H,3,5H2,1-2H3,(H3,11,12,13,14). The molecule has 0 radical (unpaired) electrons. The van der Waals surface area contributed by atoms with Crippen LogP contribution >= 0.6 is 0 Å². The van der Waals surface area contributed by atoms with Crippen LogP contribution in [0.5, 0.6) is 0 Å². The summed E-state index contributed by atoms with van der Waals surface area (Å²) < 4.78 is 13.1. The van der Waals surface area contributed by atoms with Gasteiger partial charge < -0.3 is 16.2 Å². The molecule has 0 saturated carbocycles. The fraction of sp³-hybridized carbons (Fsp3) is 0.556. The lowest BCUT2D eigenvalue weighted by Gasteiger charge is -2.21. The number of anilines is 2. The van der Waals surface area contributed by atoms with Crippen molar-refractivity contribution in [2.24, 2.45) is 0 Å². The van der Waals surface area contributed by atoms with Crippen molar-refractivity contribution in [3.05, 3.63) is 12.0 Å². The summed E-state index contributed by atoms with van der Waals surface area (Å²) >= 11 is 0. The van der Waals surface area contributed by atoms with Crippen molar-refractivity contribution in [1.82, 2.24) is 9.97 Å². The van der Waals surface area contributed by atoms with Gasteiger partial charge in [0.1, 0.15) is 0 Å². The van der Waals surface area contributed by atoms with E-state index in [1.54, 1.807) is 6.92 Å². The molecule has 1 rings (SSSR count). The van der Waals surface area contributed by atoms with Gasteiger partial charge in [0.2, 0.25) is 5.95 Å². The molecule has 1 atom stereocenters. The smallest absolute Gasteiger partial charge is 0.222 e. The van der Waals surface area contributed by atoms with Crippen LogP contribution in [0, 0.1) is 5.82 Å². The van der Waals surface area contributed by atoms with Gasteiger partial charge in [0, 0.05) is 6.54 Å². The number of halogens is 1. The van der Waals surface area contributed by atoms with E-state index in [4.69, 9.17) is 5.73 Å². The monoisotopic (exact) mass is 214 g/mol. The summed E-state index contributed by atoms with van der Waals surface area (Å²) in [6.45, 7) is 3.70. The molecule has 84 valence electrons. The van der Waals surface area contributed by atoms with Crippen LogP contribution in [-0.2, 0) is 0 Å². The lowest BCUT2D eigenvalue weighted by atomic mass is 10.0. The molecule has 5 nitrogen and oxygen atoms in total. The molecule has 1 unspecified atom stereocenters. The molecule has 0 fully saturated rings. The lowest BCUT2D eigenvalue weighted by Crippen LogP contribution is -2.33. The first-order valence-electron chi connectivity index (χ1n) is 4.69.